The summed E-state index contributed by atoms with van der Waals surface area (Å²) in [4.78, 5) is 21.5. The van der Waals surface area contributed by atoms with Gasteiger partial charge in [-0.2, -0.15) is 36.0 Å². The van der Waals surface area contributed by atoms with E-state index in [1.54, 1.807) is 0 Å². The first-order valence-corrected chi connectivity index (χ1v) is 7.75. The molecule has 0 amide bonds. The van der Waals surface area contributed by atoms with E-state index in [9.17, 15) is 31.1 Å². The molecule has 3 aromatic rings. The van der Waals surface area contributed by atoms with Crippen LogP contribution in [-0.4, -0.2) is 16.5 Å². The van der Waals surface area contributed by atoms with Crippen molar-refractivity contribution in [1.82, 2.24) is 10.3 Å². The molecule has 1 aromatic heterocycles. The minimum absolute atomic E-state index is 0.0162. The van der Waals surface area contributed by atoms with Crippen molar-refractivity contribution < 1.29 is 45.7 Å². The van der Waals surface area contributed by atoms with E-state index in [0.29, 0.717) is 23.0 Å². The molecule has 0 spiro atoms. The molecule has 2 aromatic carbocycles. The maximum Gasteiger partial charge on any atom is 0.580 e. The number of nitrogens with two attached hydrogens (primary N) is 2. The molecule has 3 rings (SSSR count). The smallest absolute Gasteiger partial charge is 0.397 e. The van der Waals surface area contributed by atoms with Gasteiger partial charge in [-0.25, -0.2) is 5.84 Å². The van der Waals surface area contributed by atoms with Crippen molar-refractivity contribution >= 4 is 28.6 Å². The minimum atomic E-state index is -4.72. The molecule has 0 aliphatic heterocycles. The molecule has 0 unspecified atom stereocenters. The molecule has 0 atom stereocenters. The number of H-pyrrole nitrogens is 1. The lowest BCUT2D eigenvalue weighted by molar-refractivity contribution is -0.896. The molecule has 160 valence electrons. The third-order valence-electron chi connectivity index (χ3n) is 3.72. The number of benzene rings is 2. The van der Waals surface area contributed by atoms with Gasteiger partial charge in [0.1, 0.15) is 5.69 Å². The standard InChI is InChI=1S/C15H10F6N6O3/c16-14(17,18)7-1-3-9(22)11(5-7)26(23)29-13(28)30-27-12-6-8(15(19,20)21)2-4-10(12)24-25-27/h1-6H,22-23H2/p+1. The second-order valence-electron chi connectivity index (χ2n) is 5.74. The number of hydrogen-bond acceptors (Lipinski definition) is 7. The lowest BCUT2D eigenvalue weighted by atomic mass is 10.1. The van der Waals surface area contributed by atoms with Gasteiger partial charge < -0.3 is 5.73 Å². The molecule has 0 fully saturated rings. The largest absolute Gasteiger partial charge is 0.580 e. The number of anilines is 2. The Balaban J connectivity index is 1.79. The first-order chi connectivity index (χ1) is 13.9. The molecule has 30 heavy (non-hydrogen) atoms. The Hall–Kier alpha value is -3.75. The summed E-state index contributed by atoms with van der Waals surface area (Å²) in [6, 6.07) is 4.55. The summed E-state index contributed by atoms with van der Waals surface area (Å²) in [6.07, 6.45) is -11.0. The summed E-state index contributed by atoms with van der Waals surface area (Å²) in [7, 11) is 0. The van der Waals surface area contributed by atoms with Crippen LogP contribution in [0.15, 0.2) is 36.4 Å². The highest BCUT2D eigenvalue weighted by Crippen LogP contribution is 2.34. The van der Waals surface area contributed by atoms with Crippen LogP contribution in [0.2, 0.25) is 0 Å². The van der Waals surface area contributed by atoms with Gasteiger partial charge in [0.15, 0.2) is 0 Å². The van der Waals surface area contributed by atoms with Crippen LogP contribution in [0.3, 0.4) is 0 Å². The van der Waals surface area contributed by atoms with Crippen LogP contribution in [0.1, 0.15) is 11.1 Å². The van der Waals surface area contributed by atoms with Crippen molar-refractivity contribution in [3.8, 4) is 0 Å². The fourth-order valence-corrected chi connectivity index (χ4v) is 2.31. The summed E-state index contributed by atoms with van der Waals surface area (Å²) in [5, 5.41) is 5.87. The van der Waals surface area contributed by atoms with E-state index in [2.05, 4.69) is 20.0 Å². The van der Waals surface area contributed by atoms with Gasteiger partial charge in [0, 0.05) is 16.0 Å². The molecule has 5 N–H and O–H groups in total. The number of alkyl halides is 6. The van der Waals surface area contributed by atoms with Gasteiger partial charge in [-0.05, 0) is 35.5 Å². The molecular weight excluding hydrogens is 426 g/mol. The number of nitrogens with zero attached hydrogens (tertiary/aromatic N) is 3. The van der Waals surface area contributed by atoms with Crippen LogP contribution in [0.25, 0.3) is 11.0 Å². The van der Waals surface area contributed by atoms with Gasteiger partial charge in [-0.3, -0.25) is 4.84 Å². The minimum Gasteiger partial charge on any atom is -0.397 e. The number of hydrazine groups is 1. The molecule has 1 heterocycles. The molecule has 9 nitrogen and oxygen atoms in total. The lowest BCUT2D eigenvalue weighted by Crippen LogP contribution is -2.50. The molecule has 0 aliphatic rings. The normalized spacial score (nSPS) is 12.1. The van der Waals surface area contributed by atoms with Gasteiger partial charge in [-0.1, -0.05) is 0 Å². The van der Waals surface area contributed by atoms with Crippen molar-refractivity contribution in [3.63, 3.8) is 0 Å². The molecule has 0 aliphatic carbocycles. The zero-order valence-electron chi connectivity index (χ0n) is 14.5. The van der Waals surface area contributed by atoms with Crippen molar-refractivity contribution in [2.24, 2.45) is 5.84 Å². The van der Waals surface area contributed by atoms with E-state index in [4.69, 9.17) is 11.6 Å². The average molecular weight is 437 g/mol. The number of carbonyl (C=O) groups excluding carboxylic acids is 1. The quantitative estimate of drug-likeness (QED) is 0.144. The summed E-state index contributed by atoms with van der Waals surface area (Å²) in [5.41, 5.74) is 2.34. The van der Waals surface area contributed by atoms with Crippen molar-refractivity contribution in [2.45, 2.75) is 12.4 Å². The zero-order valence-corrected chi connectivity index (χ0v) is 14.5. The van der Waals surface area contributed by atoms with E-state index >= 15 is 0 Å². The van der Waals surface area contributed by atoms with E-state index < -0.39 is 35.3 Å². The highest BCUT2D eigenvalue weighted by molar-refractivity contribution is 5.72. The maximum absolute atomic E-state index is 12.8. The first kappa shape index (κ1) is 21.0. The van der Waals surface area contributed by atoms with Crippen LogP contribution in [0.5, 0.6) is 0 Å². The van der Waals surface area contributed by atoms with E-state index in [1.807, 2.05) is 0 Å². The predicted octanol–water partition coefficient (Wildman–Crippen LogP) is 2.33. The topological polar surface area (TPSA) is 123 Å². The van der Waals surface area contributed by atoms with Gasteiger partial charge in [0.2, 0.25) is 0 Å². The van der Waals surface area contributed by atoms with Crippen molar-refractivity contribution in [1.29, 1.82) is 0 Å². The Bertz CT molecular complexity index is 1100. The van der Waals surface area contributed by atoms with Gasteiger partial charge in [-0.15, -0.1) is 5.17 Å². The first-order valence-electron chi connectivity index (χ1n) is 7.75. The van der Waals surface area contributed by atoms with Crippen LogP contribution >= 0.6 is 0 Å². The van der Waals surface area contributed by atoms with Gasteiger partial charge in [0.05, 0.1) is 16.8 Å². The summed E-state index contributed by atoms with van der Waals surface area (Å²) < 4.78 is 77.0. The summed E-state index contributed by atoms with van der Waals surface area (Å²) >= 11 is 0. The molecular formula is C15H11F6N6O3+. The van der Waals surface area contributed by atoms with E-state index in [-0.39, 0.29) is 21.9 Å². The number of nitrogen functional groups attached to an aromatic ring is 1. The van der Waals surface area contributed by atoms with Gasteiger partial charge in [0.25, 0.3) is 11.0 Å². The number of hydrogen-bond donors (Lipinski definition) is 3. The molecule has 0 saturated heterocycles. The van der Waals surface area contributed by atoms with Crippen LogP contribution in [-0.2, 0) is 17.2 Å². The van der Waals surface area contributed by atoms with Crippen LogP contribution in [0.4, 0.5) is 42.5 Å². The Morgan fingerprint density at radius 3 is 2.27 bits per heavy atom. The highest BCUT2D eigenvalue weighted by Gasteiger charge is 2.34. The molecule has 0 saturated carbocycles. The summed E-state index contributed by atoms with van der Waals surface area (Å²) in [6.45, 7) is 0. The number of fused-ring (bicyclic) bond motifs is 1. The number of aromatic amines is 1. The Kier molecular flexibility index (Phi) is 5.07. The molecule has 15 heteroatoms. The van der Waals surface area contributed by atoms with Crippen molar-refractivity contribution in [2.75, 3.05) is 10.9 Å². The SMILES string of the molecule is Nc1ccc(C(F)(F)F)cc1N(N)OC(=O)O[n+]1[nH]nc2ccc(C(F)(F)F)cc21. The third kappa shape index (κ3) is 4.29. The number of rotatable bonds is 3. The number of nitrogens with one attached hydrogen (secondary N) is 1. The fraction of sp³-hybridized carbons (Fsp3) is 0.133. The van der Waals surface area contributed by atoms with Crippen LogP contribution in [0, 0.1) is 0 Å². The molecule has 0 radical (unpaired) electrons. The lowest BCUT2D eigenvalue weighted by Gasteiger charge is -2.18. The number of carbonyl (C=O) groups is 1. The third-order valence-corrected chi connectivity index (χ3v) is 3.72. The Labute approximate surface area is 162 Å². The van der Waals surface area contributed by atoms with Crippen molar-refractivity contribution in [3.05, 3.63) is 47.5 Å². The van der Waals surface area contributed by atoms with Gasteiger partial charge >= 0.3 is 18.5 Å². The summed E-state index contributed by atoms with van der Waals surface area (Å²) in [5.74, 6) is 5.41. The predicted molar refractivity (Wildman–Crippen MR) is 86.9 cm³/mol. The second kappa shape index (κ2) is 7.25. The molecule has 0 bridgehead atoms. The fourth-order valence-electron chi connectivity index (χ4n) is 2.31. The number of halogens is 6. The monoisotopic (exact) mass is 437 g/mol. The maximum atomic E-state index is 12.8. The Morgan fingerprint density at radius 1 is 1.03 bits per heavy atom. The second-order valence-corrected chi connectivity index (χ2v) is 5.74. The van der Waals surface area contributed by atoms with Crippen LogP contribution < -0.4 is 26.4 Å². The highest BCUT2D eigenvalue weighted by atomic mass is 19.4. The average Bonchev–Trinajstić information content (AvgIpc) is 3.02. The van der Waals surface area contributed by atoms with E-state index in [1.165, 1.54) is 0 Å². The number of aromatic nitrogens is 3. The van der Waals surface area contributed by atoms with E-state index in [0.717, 1.165) is 18.2 Å². The Morgan fingerprint density at radius 2 is 1.63 bits per heavy atom. The zero-order chi connectivity index (χ0) is 22.3.